The lowest BCUT2D eigenvalue weighted by Crippen LogP contribution is -2.50. The van der Waals surface area contributed by atoms with Crippen molar-refractivity contribution in [2.24, 2.45) is 5.84 Å². The Balaban J connectivity index is 1.82. The van der Waals surface area contributed by atoms with E-state index in [-0.39, 0.29) is 5.91 Å². The van der Waals surface area contributed by atoms with E-state index in [9.17, 15) is 9.59 Å². The molecular formula is C18H18N4O2. The van der Waals surface area contributed by atoms with Gasteiger partial charge < -0.3 is 10.3 Å². The average molecular weight is 322 g/mol. The Kier molecular flexibility index (Phi) is 4.58. The van der Waals surface area contributed by atoms with E-state index in [2.05, 4.69) is 15.7 Å². The van der Waals surface area contributed by atoms with Crippen LogP contribution in [0.15, 0.2) is 60.8 Å². The van der Waals surface area contributed by atoms with Crippen LogP contribution in [-0.2, 0) is 11.2 Å². The summed E-state index contributed by atoms with van der Waals surface area (Å²) in [6.45, 7) is 0. The normalized spacial score (nSPS) is 11.9. The highest BCUT2D eigenvalue weighted by atomic mass is 16.2. The number of nitrogens with two attached hydrogens (primary N) is 1. The monoisotopic (exact) mass is 322 g/mol. The van der Waals surface area contributed by atoms with Crippen molar-refractivity contribution in [1.29, 1.82) is 0 Å². The van der Waals surface area contributed by atoms with Gasteiger partial charge in [-0.15, -0.1) is 0 Å². The minimum atomic E-state index is -0.762. The highest BCUT2D eigenvalue weighted by Gasteiger charge is 2.22. The van der Waals surface area contributed by atoms with Gasteiger partial charge in [-0.25, -0.2) is 5.84 Å². The van der Waals surface area contributed by atoms with Gasteiger partial charge in [-0.05, 0) is 23.8 Å². The highest BCUT2D eigenvalue weighted by molar-refractivity contribution is 5.97. The molecule has 0 saturated heterocycles. The summed E-state index contributed by atoms with van der Waals surface area (Å²) in [5.41, 5.74) is 4.53. The number of hydrogen-bond donors (Lipinski definition) is 4. The minimum absolute atomic E-state index is 0.316. The zero-order valence-corrected chi connectivity index (χ0v) is 13.0. The smallest absolute Gasteiger partial charge is 0.256 e. The van der Waals surface area contributed by atoms with Crippen LogP contribution in [0.2, 0.25) is 0 Å². The third kappa shape index (κ3) is 3.28. The standard InChI is InChI=1S/C18H18N4O2/c19-22-18(24)16(21-17(23)12-6-2-1-3-7-12)10-13-11-20-15-9-5-4-8-14(13)15/h1-9,11,16,20H,10,19H2,(H,21,23)(H,22,24)/t16-/m1/s1. The Hall–Kier alpha value is -3.12. The van der Waals surface area contributed by atoms with Crippen molar-refractivity contribution in [3.05, 3.63) is 71.9 Å². The van der Waals surface area contributed by atoms with Crippen molar-refractivity contribution in [2.45, 2.75) is 12.5 Å². The summed E-state index contributed by atoms with van der Waals surface area (Å²) in [4.78, 5) is 27.6. The molecule has 122 valence electrons. The van der Waals surface area contributed by atoms with Crippen LogP contribution >= 0.6 is 0 Å². The van der Waals surface area contributed by atoms with E-state index in [1.165, 1.54) is 0 Å². The van der Waals surface area contributed by atoms with Crippen molar-refractivity contribution in [3.63, 3.8) is 0 Å². The molecule has 0 bridgehead atoms. The molecule has 2 aromatic carbocycles. The average Bonchev–Trinajstić information content (AvgIpc) is 3.04. The van der Waals surface area contributed by atoms with Crippen molar-refractivity contribution in [2.75, 3.05) is 0 Å². The Labute approximate surface area is 139 Å². The largest absolute Gasteiger partial charge is 0.361 e. The number of rotatable bonds is 5. The zero-order chi connectivity index (χ0) is 16.9. The van der Waals surface area contributed by atoms with Gasteiger partial charge in [0.15, 0.2) is 0 Å². The minimum Gasteiger partial charge on any atom is -0.361 e. The van der Waals surface area contributed by atoms with Crippen LogP contribution in [0.5, 0.6) is 0 Å². The molecule has 1 atom stereocenters. The molecule has 2 amide bonds. The van der Waals surface area contributed by atoms with E-state index in [0.717, 1.165) is 16.5 Å². The molecular weight excluding hydrogens is 304 g/mol. The van der Waals surface area contributed by atoms with E-state index < -0.39 is 11.9 Å². The number of H-pyrrole nitrogens is 1. The molecule has 5 N–H and O–H groups in total. The predicted molar refractivity (Wildman–Crippen MR) is 92.0 cm³/mol. The van der Waals surface area contributed by atoms with Crippen molar-refractivity contribution in [3.8, 4) is 0 Å². The lowest BCUT2D eigenvalue weighted by molar-refractivity contribution is -0.123. The molecule has 6 nitrogen and oxygen atoms in total. The fourth-order valence-corrected chi connectivity index (χ4v) is 2.66. The summed E-state index contributed by atoms with van der Waals surface area (Å²) in [5.74, 6) is 4.51. The molecule has 24 heavy (non-hydrogen) atoms. The molecule has 1 heterocycles. The van der Waals surface area contributed by atoms with Crippen LogP contribution in [0.3, 0.4) is 0 Å². The second-order valence-electron chi connectivity index (χ2n) is 5.46. The molecule has 0 unspecified atom stereocenters. The molecule has 0 aliphatic carbocycles. The maximum atomic E-state index is 12.3. The summed E-state index contributed by atoms with van der Waals surface area (Å²) < 4.78 is 0. The van der Waals surface area contributed by atoms with Gasteiger partial charge >= 0.3 is 0 Å². The van der Waals surface area contributed by atoms with Gasteiger partial charge in [0.1, 0.15) is 6.04 Å². The Morgan fingerprint density at radius 2 is 1.75 bits per heavy atom. The molecule has 0 aliphatic rings. The molecule has 0 aliphatic heterocycles. The van der Waals surface area contributed by atoms with Gasteiger partial charge in [0.25, 0.3) is 11.8 Å². The van der Waals surface area contributed by atoms with Crippen molar-refractivity contribution in [1.82, 2.24) is 15.7 Å². The molecule has 3 rings (SSSR count). The number of carbonyl (C=O) groups excluding carboxylic acids is 2. The maximum Gasteiger partial charge on any atom is 0.256 e. The lowest BCUT2D eigenvalue weighted by Gasteiger charge is -2.17. The number of aromatic nitrogens is 1. The summed E-state index contributed by atoms with van der Waals surface area (Å²) in [6, 6.07) is 15.8. The summed E-state index contributed by atoms with van der Waals surface area (Å²) >= 11 is 0. The van der Waals surface area contributed by atoms with Gasteiger partial charge in [0, 0.05) is 29.1 Å². The van der Waals surface area contributed by atoms with Crippen LogP contribution in [0.25, 0.3) is 10.9 Å². The van der Waals surface area contributed by atoms with E-state index >= 15 is 0 Å². The first-order valence-corrected chi connectivity index (χ1v) is 7.60. The second kappa shape index (κ2) is 6.97. The quantitative estimate of drug-likeness (QED) is 0.325. The van der Waals surface area contributed by atoms with E-state index in [1.54, 1.807) is 24.3 Å². The topological polar surface area (TPSA) is 100 Å². The number of amides is 2. The van der Waals surface area contributed by atoms with Crippen LogP contribution in [-0.4, -0.2) is 22.8 Å². The number of carbonyl (C=O) groups is 2. The Morgan fingerprint density at radius 3 is 2.50 bits per heavy atom. The third-order valence-corrected chi connectivity index (χ3v) is 3.90. The van der Waals surface area contributed by atoms with Gasteiger partial charge in [0.05, 0.1) is 0 Å². The van der Waals surface area contributed by atoms with Gasteiger partial charge in [-0.2, -0.15) is 0 Å². The molecule has 0 radical (unpaired) electrons. The third-order valence-electron chi connectivity index (χ3n) is 3.90. The Morgan fingerprint density at radius 1 is 1.04 bits per heavy atom. The summed E-state index contributed by atoms with van der Waals surface area (Å²) in [5, 5.41) is 3.76. The number of hydrogen-bond acceptors (Lipinski definition) is 3. The molecule has 6 heteroatoms. The van der Waals surface area contributed by atoms with Gasteiger partial charge in [-0.3, -0.25) is 15.0 Å². The van der Waals surface area contributed by atoms with E-state index in [1.807, 2.05) is 36.5 Å². The lowest BCUT2D eigenvalue weighted by atomic mass is 10.0. The van der Waals surface area contributed by atoms with Crippen LogP contribution in [0, 0.1) is 0 Å². The van der Waals surface area contributed by atoms with Crippen LogP contribution in [0.4, 0.5) is 0 Å². The number of fused-ring (bicyclic) bond motifs is 1. The molecule has 0 saturated carbocycles. The number of para-hydroxylation sites is 1. The first-order chi connectivity index (χ1) is 11.7. The Bertz CT molecular complexity index is 858. The maximum absolute atomic E-state index is 12.3. The number of nitrogens with one attached hydrogen (secondary N) is 3. The van der Waals surface area contributed by atoms with Gasteiger partial charge in [0.2, 0.25) is 0 Å². The van der Waals surface area contributed by atoms with Crippen molar-refractivity contribution < 1.29 is 9.59 Å². The van der Waals surface area contributed by atoms with Crippen molar-refractivity contribution >= 4 is 22.7 Å². The van der Waals surface area contributed by atoms with Gasteiger partial charge in [-0.1, -0.05) is 36.4 Å². The second-order valence-corrected chi connectivity index (χ2v) is 5.46. The van der Waals surface area contributed by atoms with Crippen LogP contribution < -0.4 is 16.6 Å². The fourth-order valence-electron chi connectivity index (χ4n) is 2.66. The zero-order valence-electron chi connectivity index (χ0n) is 13.0. The van der Waals surface area contributed by atoms with Crippen LogP contribution in [0.1, 0.15) is 15.9 Å². The summed E-state index contributed by atoms with van der Waals surface area (Å²) in [7, 11) is 0. The SMILES string of the molecule is NNC(=O)[C@@H](Cc1c[nH]c2ccccc12)NC(=O)c1ccccc1. The first-order valence-electron chi connectivity index (χ1n) is 7.60. The molecule has 3 aromatic rings. The predicted octanol–water partition coefficient (Wildman–Crippen LogP) is 1.50. The number of aromatic amines is 1. The molecule has 1 aromatic heterocycles. The van der Waals surface area contributed by atoms with E-state index in [0.29, 0.717) is 12.0 Å². The summed E-state index contributed by atoms with van der Waals surface area (Å²) in [6.07, 6.45) is 2.18. The first kappa shape index (κ1) is 15.8. The highest BCUT2D eigenvalue weighted by Crippen LogP contribution is 2.19. The molecule has 0 spiro atoms. The van der Waals surface area contributed by atoms with E-state index in [4.69, 9.17) is 5.84 Å². The number of hydrazine groups is 1. The number of benzene rings is 2. The molecule has 0 fully saturated rings. The fraction of sp³-hybridized carbons (Fsp3) is 0.111.